The number of nitrogens with zero attached hydrogens (tertiary/aromatic N) is 1. The Morgan fingerprint density at radius 1 is 1.35 bits per heavy atom. The zero-order valence-corrected chi connectivity index (χ0v) is 14.6. The fourth-order valence-corrected chi connectivity index (χ4v) is 2.99. The molecule has 2 rings (SSSR count). The van der Waals surface area contributed by atoms with Gasteiger partial charge in [0.1, 0.15) is 0 Å². The third-order valence-corrected chi connectivity index (χ3v) is 4.47. The fourth-order valence-electron chi connectivity index (χ4n) is 2.69. The molecule has 0 atom stereocenters. The van der Waals surface area contributed by atoms with Crippen LogP contribution in [-0.2, 0) is 0 Å². The number of rotatable bonds is 6. The molecule has 1 fully saturated rings. The lowest BCUT2D eigenvalue weighted by Crippen LogP contribution is -2.37. The van der Waals surface area contributed by atoms with E-state index in [1.165, 1.54) is 12.8 Å². The van der Waals surface area contributed by atoms with Crippen molar-refractivity contribution in [3.63, 3.8) is 0 Å². The van der Waals surface area contributed by atoms with Crippen LogP contribution >= 0.6 is 11.6 Å². The SMILES string of the molecule is CC(C)(CCO)CNC(=O)Nc1ccc(N2CCCC2)c(Cl)c1. The van der Waals surface area contributed by atoms with E-state index < -0.39 is 0 Å². The van der Waals surface area contributed by atoms with Crippen molar-refractivity contribution < 1.29 is 9.90 Å². The molecular formula is C17H26ClN3O2. The van der Waals surface area contributed by atoms with Crippen molar-refractivity contribution in [2.24, 2.45) is 5.41 Å². The van der Waals surface area contributed by atoms with Crippen molar-refractivity contribution in [1.82, 2.24) is 5.32 Å². The molecule has 1 aliphatic rings. The average molecular weight is 340 g/mol. The van der Waals surface area contributed by atoms with E-state index in [9.17, 15) is 4.79 Å². The molecule has 0 bridgehead atoms. The van der Waals surface area contributed by atoms with Crippen LogP contribution in [0.3, 0.4) is 0 Å². The first-order valence-corrected chi connectivity index (χ1v) is 8.49. The van der Waals surface area contributed by atoms with E-state index in [-0.39, 0.29) is 18.1 Å². The van der Waals surface area contributed by atoms with Crippen molar-refractivity contribution in [3.8, 4) is 0 Å². The molecule has 0 spiro atoms. The lowest BCUT2D eigenvalue weighted by Gasteiger charge is -2.24. The van der Waals surface area contributed by atoms with Crippen molar-refractivity contribution in [2.45, 2.75) is 33.1 Å². The Bertz CT molecular complexity index is 543. The monoisotopic (exact) mass is 339 g/mol. The van der Waals surface area contributed by atoms with Crippen LogP contribution in [0.25, 0.3) is 0 Å². The molecule has 23 heavy (non-hydrogen) atoms. The first-order chi connectivity index (χ1) is 10.9. The minimum atomic E-state index is -0.263. The third kappa shape index (κ3) is 5.29. The van der Waals surface area contributed by atoms with Crippen molar-refractivity contribution in [3.05, 3.63) is 23.2 Å². The van der Waals surface area contributed by atoms with Gasteiger partial charge in [-0.3, -0.25) is 0 Å². The summed E-state index contributed by atoms with van der Waals surface area (Å²) in [4.78, 5) is 14.2. The van der Waals surface area contributed by atoms with E-state index in [0.717, 1.165) is 18.8 Å². The Kier molecular flexibility index (Phi) is 6.13. The van der Waals surface area contributed by atoms with Gasteiger partial charge in [0, 0.05) is 31.9 Å². The van der Waals surface area contributed by atoms with Gasteiger partial charge in [-0.05, 0) is 42.9 Å². The van der Waals surface area contributed by atoms with Gasteiger partial charge >= 0.3 is 6.03 Å². The second-order valence-electron chi connectivity index (χ2n) is 6.81. The molecule has 0 unspecified atom stereocenters. The van der Waals surface area contributed by atoms with Gasteiger partial charge in [0.05, 0.1) is 10.7 Å². The molecule has 1 saturated heterocycles. The summed E-state index contributed by atoms with van der Waals surface area (Å²) in [7, 11) is 0. The van der Waals surface area contributed by atoms with E-state index in [2.05, 4.69) is 15.5 Å². The number of carbonyl (C=O) groups is 1. The van der Waals surface area contributed by atoms with Gasteiger partial charge in [-0.25, -0.2) is 4.79 Å². The molecule has 128 valence electrons. The topological polar surface area (TPSA) is 64.6 Å². The van der Waals surface area contributed by atoms with Crippen LogP contribution in [0.5, 0.6) is 0 Å². The normalized spacial score (nSPS) is 14.9. The Morgan fingerprint density at radius 3 is 2.65 bits per heavy atom. The van der Waals surface area contributed by atoms with Gasteiger partial charge in [0.25, 0.3) is 0 Å². The number of hydrogen-bond donors (Lipinski definition) is 3. The van der Waals surface area contributed by atoms with Crippen LogP contribution in [0.15, 0.2) is 18.2 Å². The second kappa shape index (κ2) is 7.88. The number of carbonyl (C=O) groups excluding carboxylic acids is 1. The quantitative estimate of drug-likeness (QED) is 0.743. The zero-order valence-electron chi connectivity index (χ0n) is 13.9. The first-order valence-electron chi connectivity index (χ1n) is 8.11. The van der Waals surface area contributed by atoms with Gasteiger partial charge in [0.2, 0.25) is 0 Å². The minimum Gasteiger partial charge on any atom is -0.396 e. The van der Waals surface area contributed by atoms with E-state index >= 15 is 0 Å². The molecule has 0 aromatic heterocycles. The molecule has 6 heteroatoms. The second-order valence-corrected chi connectivity index (χ2v) is 7.21. The van der Waals surface area contributed by atoms with Gasteiger partial charge in [-0.15, -0.1) is 0 Å². The van der Waals surface area contributed by atoms with Crippen molar-refractivity contribution >= 4 is 29.0 Å². The lowest BCUT2D eigenvalue weighted by atomic mass is 9.90. The van der Waals surface area contributed by atoms with E-state index in [4.69, 9.17) is 16.7 Å². The maximum atomic E-state index is 12.0. The summed E-state index contributed by atoms with van der Waals surface area (Å²) in [6, 6.07) is 5.35. The number of amides is 2. The van der Waals surface area contributed by atoms with E-state index in [1.807, 2.05) is 26.0 Å². The molecule has 1 aliphatic heterocycles. The summed E-state index contributed by atoms with van der Waals surface area (Å²) in [5.74, 6) is 0. The predicted octanol–water partition coefficient (Wildman–Crippen LogP) is 3.47. The van der Waals surface area contributed by atoms with Crippen LogP contribution in [-0.4, -0.2) is 37.4 Å². The van der Waals surface area contributed by atoms with E-state index in [0.29, 0.717) is 23.7 Å². The molecule has 1 heterocycles. The van der Waals surface area contributed by atoms with Gasteiger partial charge in [-0.2, -0.15) is 0 Å². The molecule has 0 saturated carbocycles. The summed E-state index contributed by atoms with van der Waals surface area (Å²) in [6.45, 7) is 6.69. The summed E-state index contributed by atoms with van der Waals surface area (Å²) in [5.41, 5.74) is 1.57. The highest BCUT2D eigenvalue weighted by molar-refractivity contribution is 6.33. The highest BCUT2D eigenvalue weighted by atomic mass is 35.5. The fraction of sp³-hybridized carbons (Fsp3) is 0.588. The number of benzene rings is 1. The molecule has 1 aromatic rings. The van der Waals surface area contributed by atoms with Crippen LogP contribution in [0.2, 0.25) is 5.02 Å². The van der Waals surface area contributed by atoms with Crippen LogP contribution in [0.1, 0.15) is 33.1 Å². The summed E-state index contributed by atoms with van der Waals surface area (Å²) < 4.78 is 0. The number of urea groups is 1. The van der Waals surface area contributed by atoms with Crippen molar-refractivity contribution in [1.29, 1.82) is 0 Å². The highest BCUT2D eigenvalue weighted by Crippen LogP contribution is 2.31. The third-order valence-electron chi connectivity index (χ3n) is 4.17. The van der Waals surface area contributed by atoms with Gasteiger partial charge < -0.3 is 20.6 Å². The predicted molar refractivity (Wildman–Crippen MR) is 95.4 cm³/mol. The average Bonchev–Trinajstić information content (AvgIpc) is 2.99. The molecule has 3 N–H and O–H groups in total. The van der Waals surface area contributed by atoms with Crippen molar-refractivity contribution in [2.75, 3.05) is 36.5 Å². The zero-order chi connectivity index (χ0) is 16.9. The molecule has 0 aliphatic carbocycles. The highest BCUT2D eigenvalue weighted by Gasteiger charge is 2.19. The number of aliphatic hydroxyl groups excluding tert-OH is 1. The summed E-state index contributed by atoms with van der Waals surface area (Å²) in [5, 5.41) is 15.3. The van der Waals surface area contributed by atoms with Crippen LogP contribution < -0.4 is 15.5 Å². The van der Waals surface area contributed by atoms with Crippen LogP contribution in [0.4, 0.5) is 16.2 Å². The van der Waals surface area contributed by atoms with E-state index in [1.54, 1.807) is 6.07 Å². The Balaban J connectivity index is 1.90. The van der Waals surface area contributed by atoms with Crippen LogP contribution in [0, 0.1) is 5.41 Å². The lowest BCUT2D eigenvalue weighted by molar-refractivity contribution is 0.204. The maximum absolute atomic E-state index is 12.0. The van der Waals surface area contributed by atoms with Gasteiger partial charge in [0.15, 0.2) is 0 Å². The summed E-state index contributed by atoms with van der Waals surface area (Å²) >= 11 is 6.34. The number of nitrogens with one attached hydrogen (secondary N) is 2. The molecule has 5 nitrogen and oxygen atoms in total. The Hall–Kier alpha value is -1.46. The Morgan fingerprint density at radius 2 is 2.04 bits per heavy atom. The summed E-state index contributed by atoms with van der Waals surface area (Å²) in [6.07, 6.45) is 3.04. The Labute approximate surface area is 143 Å². The number of halogens is 1. The molecule has 2 amide bonds. The van der Waals surface area contributed by atoms with Gasteiger partial charge in [-0.1, -0.05) is 25.4 Å². The molecule has 0 radical (unpaired) electrons. The molecular weight excluding hydrogens is 314 g/mol. The standard InChI is InChI=1S/C17H26ClN3O2/c1-17(2,7-10-22)12-19-16(23)20-13-5-6-15(14(18)11-13)21-8-3-4-9-21/h5-6,11,22H,3-4,7-10,12H2,1-2H3,(H2,19,20,23). The number of hydrogen-bond acceptors (Lipinski definition) is 3. The smallest absolute Gasteiger partial charge is 0.319 e. The molecule has 1 aromatic carbocycles. The first kappa shape index (κ1) is 17.9. The maximum Gasteiger partial charge on any atom is 0.319 e. The largest absolute Gasteiger partial charge is 0.396 e. The number of aliphatic hydroxyl groups is 1. The minimum absolute atomic E-state index is 0.115. The number of anilines is 2.